The lowest BCUT2D eigenvalue weighted by Gasteiger charge is -2.42. The minimum absolute atomic E-state index is 0.0546. The minimum atomic E-state index is -3.88. The molecule has 2 amide bonds. The zero-order valence-corrected chi connectivity index (χ0v) is 22.9. The predicted molar refractivity (Wildman–Crippen MR) is 139 cm³/mol. The summed E-state index contributed by atoms with van der Waals surface area (Å²) in [5.74, 6) is -0.701. The van der Waals surface area contributed by atoms with E-state index in [4.69, 9.17) is 9.88 Å². The molecule has 2 aromatic rings. The van der Waals surface area contributed by atoms with Gasteiger partial charge in [-0.25, -0.2) is 22.7 Å². The summed E-state index contributed by atoms with van der Waals surface area (Å²) in [5, 5.41) is 5.21. The topological polar surface area (TPSA) is 113 Å². The summed E-state index contributed by atoms with van der Waals surface area (Å²) in [6.45, 7) is 9.74. The molecule has 2 aromatic carbocycles. The number of amides is 2. The van der Waals surface area contributed by atoms with E-state index < -0.39 is 33.6 Å². The van der Waals surface area contributed by atoms with Gasteiger partial charge >= 0.3 is 6.09 Å². The number of nitrogens with two attached hydrogens (primary N) is 1. The molecule has 0 bridgehead atoms. The van der Waals surface area contributed by atoms with E-state index >= 15 is 0 Å². The van der Waals surface area contributed by atoms with E-state index in [2.05, 4.69) is 0 Å². The Kier molecular flexibility index (Phi) is 8.18. The Balaban J connectivity index is 1.90. The SMILES string of the molecule is Cc1ccc(C(C(=O)N2CCN(C(=O)OC(C)(C)C)[C@H](C)C2)N(C)c2ccc(S(N)(=O)=O)cc2)cc1F. The maximum atomic E-state index is 14.6. The number of ether oxygens (including phenoxy) is 1. The summed E-state index contributed by atoms with van der Waals surface area (Å²) in [7, 11) is -2.19. The van der Waals surface area contributed by atoms with Crippen LogP contribution in [0.15, 0.2) is 47.4 Å². The Labute approximate surface area is 218 Å². The zero-order chi connectivity index (χ0) is 27.7. The Morgan fingerprint density at radius 1 is 1.14 bits per heavy atom. The van der Waals surface area contributed by atoms with Gasteiger partial charge in [-0.2, -0.15) is 0 Å². The molecule has 1 aliphatic rings. The molecule has 2 N–H and O–H groups in total. The fourth-order valence-electron chi connectivity index (χ4n) is 4.25. The van der Waals surface area contributed by atoms with Crippen LogP contribution in [0.25, 0.3) is 0 Å². The molecule has 0 spiro atoms. The van der Waals surface area contributed by atoms with Crippen LogP contribution in [0.2, 0.25) is 0 Å². The lowest BCUT2D eigenvalue weighted by molar-refractivity contribution is -0.135. The van der Waals surface area contributed by atoms with Gasteiger partial charge in [0.15, 0.2) is 0 Å². The molecule has 1 unspecified atom stereocenters. The van der Waals surface area contributed by atoms with Gasteiger partial charge in [0.05, 0.1) is 4.90 Å². The molecule has 1 fully saturated rings. The van der Waals surface area contributed by atoms with Crippen molar-refractivity contribution in [3.63, 3.8) is 0 Å². The number of primary sulfonamides is 1. The molecule has 0 aliphatic carbocycles. The average molecular weight is 535 g/mol. The smallest absolute Gasteiger partial charge is 0.410 e. The molecule has 0 saturated carbocycles. The number of hydrogen-bond donors (Lipinski definition) is 1. The van der Waals surface area contributed by atoms with Gasteiger partial charge in [-0.1, -0.05) is 12.1 Å². The first kappa shape index (κ1) is 28.4. The number of piperazine rings is 1. The quantitative estimate of drug-likeness (QED) is 0.629. The summed E-state index contributed by atoms with van der Waals surface area (Å²) in [6, 6.07) is 9.30. The van der Waals surface area contributed by atoms with Crippen molar-refractivity contribution in [3.05, 3.63) is 59.4 Å². The first-order valence-corrected chi connectivity index (χ1v) is 13.5. The molecule has 1 saturated heterocycles. The summed E-state index contributed by atoms with van der Waals surface area (Å²) in [5.41, 5.74) is 0.821. The molecule has 3 rings (SSSR count). The third kappa shape index (κ3) is 6.78. The van der Waals surface area contributed by atoms with Crippen LogP contribution >= 0.6 is 0 Å². The van der Waals surface area contributed by atoms with Crippen molar-refractivity contribution in [1.29, 1.82) is 0 Å². The van der Waals surface area contributed by atoms with Crippen molar-refractivity contribution in [1.82, 2.24) is 9.80 Å². The van der Waals surface area contributed by atoms with Crippen molar-refractivity contribution < 1.29 is 27.1 Å². The number of benzene rings is 2. The van der Waals surface area contributed by atoms with Gasteiger partial charge in [-0.3, -0.25) is 4.79 Å². The maximum absolute atomic E-state index is 14.6. The van der Waals surface area contributed by atoms with Crippen molar-refractivity contribution in [2.24, 2.45) is 5.14 Å². The summed E-state index contributed by atoms with van der Waals surface area (Å²) in [4.78, 5) is 31.4. The second kappa shape index (κ2) is 10.7. The number of rotatable bonds is 5. The van der Waals surface area contributed by atoms with Crippen LogP contribution in [0.4, 0.5) is 14.9 Å². The summed E-state index contributed by atoms with van der Waals surface area (Å²) < 4.78 is 43.4. The molecule has 9 nitrogen and oxygen atoms in total. The Morgan fingerprint density at radius 2 is 1.76 bits per heavy atom. The molecule has 0 radical (unpaired) electrons. The van der Waals surface area contributed by atoms with Crippen LogP contribution in [0.1, 0.15) is 44.9 Å². The van der Waals surface area contributed by atoms with Crippen LogP contribution in [0, 0.1) is 12.7 Å². The number of sulfonamides is 1. The largest absolute Gasteiger partial charge is 0.444 e. The molecule has 37 heavy (non-hydrogen) atoms. The number of likely N-dealkylation sites (N-methyl/N-ethyl adjacent to an activating group) is 1. The number of hydrogen-bond acceptors (Lipinski definition) is 6. The average Bonchev–Trinajstić information content (AvgIpc) is 2.79. The fraction of sp³-hybridized carbons (Fsp3) is 0.462. The molecule has 2 atom stereocenters. The highest BCUT2D eigenvalue weighted by molar-refractivity contribution is 7.89. The number of carbonyl (C=O) groups excluding carboxylic acids is 2. The summed E-state index contributed by atoms with van der Waals surface area (Å²) in [6.07, 6.45) is -0.434. The number of nitrogens with zero attached hydrogens (tertiary/aromatic N) is 3. The normalized spacial score (nSPS) is 17.4. The van der Waals surface area contributed by atoms with E-state index in [1.807, 2.05) is 6.92 Å². The van der Waals surface area contributed by atoms with Crippen LogP contribution in [-0.4, -0.2) is 68.5 Å². The second-order valence-electron chi connectivity index (χ2n) is 10.4. The monoisotopic (exact) mass is 534 g/mol. The molecule has 11 heteroatoms. The Hall–Kier alpha value is -3.18. The first-order chi connectivity index (χ1) is 17.1. The molecular formula is C26H35FN4O5S. The van der Waals surface area contributed by atoms with Crippen LogP contribution in [0.5, 0.6) is 0 Å². The summed E-state index contributed by atoms with van der Waals surface area (Å²) >= 11 is 0. The first-order valence-electron chi connectivity index (χ1n) is 12.0. The fourth-order valence-corrected chi connectivity index (χ4v) is 4.77. The lowest BCUT2D eigenvalue weighted by Crippen LogP contribution is -2.57. The molecule has 1 aliphatic heterocycles. The standard InChI is InChI=1S/C26H35FN4O5S/c1-17-7-8-19(15-22(17)27)23(29(6)20-9-11-21(12-10-20)37(28,34)35)24(32)30-13-14-31(18(2)16-30)25(33)36-26(3,4)5/h7-12,15,18,23H,13-14,16H2,1-6H3,(H2,28,34,35)/t18-,23?/m1/s1. The van der Waals surface area contributed by atoms with Crippen molar-refractivity contribution in [2.45, 2.75) is 57.2 Å². The minimum Gasteiger partial charge on any atom is -0.444 e. The third-order valence-electron chi connectivity index (χ3n) is 6.27. The van der Waals surface area contributed by atoms with Crippen LogP contribution in [0.3, 0.4) is 0 Å². The highest BCUT2D eigenvalue weighted by atomic mass is 32.2. The van der Waals surface area contributed by atoms with Crippen LogP contribution in [-0.2, 0) is 19.6 Å². The lowest BCUT2D eigenvalue weighted by atomic mass is 10.0. The Bertz CT molecular complexity index is 1260. The van der Waals surface area contributed by atoms with E-state index in [0.29, 0.717) is 23.4 Å². The van der Waals surface area contributed by atoms with Gasteiger partial charge in [0.25, 0.3) is 0 Å². The molecule has 1 heterocycles. The van der Waals surface area contributed by atoms with Crippen molar-refractivity contribution >= 4 is 27.7 Å². The van der Waals surface area contributed by atoms with Gasteiger partial charge in [-0.05, 0) is 76.1 Å². The van der Waals surface area contributed by atoms with Gasteiger partial charge in [0, 0.05) is 38.4 Å². The number of anilines is 1. The van der Waals surface area contributed by atoms with Crippen LogP contribution < -0.4 is 10.0 Å². The highest BCUT2D eigenvalue weighted by Gasteiger charge is 2.37. The van der Waals surface area contributed by atoms with E-state index in [-0.39, 0.29) is 29.9 Å². The van der Waals surface area contributed by atoms with Crippen molar-refractivity contribution in [2.75, 3.05) is 31.6 Å². The van der Waals surface area contributed by atoms with Gasteiger partial charge in [-0.15, -0.1) is 0 Å². The molecular weight excluding hydrogens is 499 g/mol. The number of aryl methyl sites for hydroxylation is 1. The van der Waals surface area contributed by atoms with E-state index in [0.717, 1.165) is 0 Å². The number of halogens is 1. The van der Waals surface area contributed by atoms with E-state index in [1.54, 1.807) is 73.7 Å². The second-order valence-corrected chi connectivity index (χ2v) is 11.9. The molecule has 202 valence electrons. The number of carbonyl (C=O) groups is 2. The third-order valence-corrected chi connectivity index (χ3v) is 7.20. The van der Waals surface area contributed by atoms with Crippen molar-refractivity contribution in [3.8, 4) is 0 Å². The zero-order valence-electron chi connectivity index (χ0n) is 22.1. The van der Waals surface area contributed by atoms with Gasteiger partial charge < -0.3 is 19.4 Å². The van der Waals surface area contributed by atoms with Gasteiger partial charge in [0.1, 0.15) is 17.5 Å². The highest BCUT2D eigenvalue weighted by Crippen LogP contribution is 2.30. The predicted octanol–water partition coefficient (Wildman–Crippen LogP) is 3.43. The van der Waals surface area contributed by atoms with Gasteiger partial charge in [0.2, 0.25) is 15.9 Å². The Morgan fingerprint density at radius 3 is 2.27 bits per heavy atom. The molecule has 0 aromatic heterocycles. The maximum Gasteiger partial charge on any atom is 0.410 e. The van der Waals surface area contributed by atoms with E-state index in [9.17, 15) is 22.4 Å². The van der Waals surface area contributed by atoms with E-state index in [1.165, 1.54) is 18.2 Å².